The Hall–Kier alpha value is -1.43. The van der Waals surface area contributed by atoms with Gasteiger partial charge in [0.15, 0.2) is 0 Å². The molecule has 1 rings (SSSR count). The van der Waals surface area contributed by atoms with E-state index < -0.39 is 17.8 Å². The van der Waals surface area contributed by atoms with E-state index in [1.54, 1.807) is 13.8 Å². The van der Waals surface area contributed by atoms with Crippen LogP contribution in [0.15, 0.2) is 18.2 Å². The van der Waals surface area contributed by atoms with Crippen molar-refractivity contribution in [3.05, 3.63) is 28.8 Å². The van der Waals surface area contributed by atoms with E-state index in [2.05, 4.69) is 10.6 Å². The van der Waals surface area contributed by atoms with Crippen LogP contribution in [0.1, 0.15) is 19.4 Å². The molecule has 2 amide bonds. The molecule has 0 atom stereocenters. The van der Waals surface area contributed by atoms with Gasteiger partial charge >= 0.3 is 12.2 Å². The van der Waals surface area contributed by atoms with Crippen LogP contribution in [0.3, 0.4) is 0 Å². The summed E-state index contributed by atoms with van der Waals surface area (Å²) in [5.74, 6) is 0. The monoisotopic (exact) mass is 280 g/mol. The first kappa shape index (κ1) is 14.6. The van der Waals surface area contributed by atoms with Gasteiger partial charge in [0.2, 0.25) is 0 Å². The second kappa shape index (κ2) is 5.48. The standard InChI is InChI=1S/C11H12ClF3N2O/c1-6(2)16-10(18)17-9-4-7(11(13,14)15)3-8(12)5-9/h3-6H,1-2H3,(H2,16,17,18). The fourth-order valence-electron chi connectivity index (χ4n) is 1.25. The van der Waals surface area contributed by atoms with Crippen LogP contribution >= 0.6 is 11.6 Å². The lowest BCUT2D eigenvalue weighted by molar-refractivity contribution is -0.137. The maximum Gasteiger partial charge on any atom is 0.416 e. The van der Waals surface area contributed by atoms with Crippen molar-refractivity contribution in [2.45, 2.75) is 26.1 Å². The van der Waals surface area contributed by atoms with Gasteiger partial charge in [0.25, 0.3) is 0 Å². The normalized spacial score (nSPS) is 11.5. The van der Waals surface area contributed by atoms with Gasteiger partial charge < -0.3 is 10.6 Å². The van der Waals surface area contributed by atoms with Gasteiger partial charge in [0.05, 0.1) is 5.56 Å². The van der Waals surface area contributed by atoms with Crippen molar-refractivity contribution < 1.29 is 18.0 Å². The number of amides is 2. The van der Waals surface area contributed by atoms with E-state index in [-0.39, 0.29) is 16.8 Å². The number of hydrogen-bond donors (Lipinski definition) is 2. The number of benzene rings is 1. The third-order valence-electron chi connectivity index (χ3n) is 1.90. The maximum atomic E-state index is 12.5. The molecule has 18 heavy (non-hydrogen) atoms. The van der Waals surface area contributed by atoms with Crippen LogP contribution in [0.2, 0.25) is 5.02 Å². The molecular formula is C11H12ClF3N2O. The molecule has 0 aliphatic rings. The Kier molecular flexibility index (Phi) is 4.45. The molecule has 100 valence electrons. The lowest BCUT2D eigenvalue weighted by atomic mass is 10.2. The van der Waals surface area contributed by atoms with Gasteiger partial charge in [0.1, 0.15) is 0 Å². The van der Waals surface area contributed by atoms with E-state index in [1.165, 1.54) is 6.07 Å². The third kappa shape index (κ3) is 4.44. The van der Waals surface area contributed by atoms with E-state index >= 15 is 0 Å². The van der Waals surface area contributed by atoms with Crippen LogP contribution in [0, 0.1) is 0 Å². The average molecular weight is 281 g/mol. The number of carbonyl (C=O) groups excluding carboxylic acids is 1. The number of nitrogens with one attached hydrogen (secondary N) is 2. The van der Waals surface area contributed by atoms with Crippen LogP contribution in [0.5, 0.6) is 0 Å². The van der Waals surface area contributed by atoms with Crippen molar-refractivity contribution in [2.24, 2.45) is 0 Å². The number of urea groups is 1. The first-order valence-corrected chi connectivity index (χ1v) is 5.51. The van der Waals surface area contributed by atoms with Gasteiger partial charge in [-0.05, 0) is 32.0 Å². The van der Waals surface area contributed by atoms with Crippen molar-refractivity contribution in [3.63, 3.8) is 0 Å². The molecular weight excluding hydrogens is 269 g/mol. The highest BCUT2D eigenvalue weighted by molar-refractivity contribution is 6.31. The lowest BCUT2D eigenvalue weighted by Crippen LogP contribution is -2.34. The SMILES string of the molecule is CC(C)NC(=O)Nc1cc(Cl)cc(C(F)(F)F)c1. The first-order chi connectivity index (χ1) is 8.18. The van der Waals surface area contributed by atoms with Crippen molar-refractivity contribution in [2.75, 3.05) is 5.32 Å². The summed E-state index contributed by atoms with van der Waals surface area (Å²) in [4.78, 5) is 11.3. The summed E-state index contributed by atoms with van der Waals surface area (Å²) in [6.07, 6.45) is -4.50. The van der Waals surface area contributed by atoms with Gasteiger partial charge in [0, 0.05) is 16.8 Å². The largest absolute Gasteiger partial charge is 0.416 e. The smallest absolute Gasteiger partial charge is 0.336 e. The van der Waals surface area contributed by atoms with E-state index in [9.17, 15) is 18.0 Å². The Balaban J connectivity index is 2.90. The van der Waals surface area contributed by atoms with Gasteiger partial charge in [-0.25, -0.2) is 4.79 Å². The Bertz CT molecular complexity index is 446. The molecule has 0 aliphatic carbocycles. The predicted molar refractivity (Wildman–Crippen MR) is 63.7 cm³/mol. The molecule has 0 bridgehead atoms. The number of alkyl halides is 3. The van der Waals surface area contributed by atoms with Crippen LogP contribution in [0.25, 0.3) is 0 Å². The number of rotatable bonds is 2. The number of anilines is 1. The van der Waals surface area contributed by atoms with Crippen molar-refractivity contribution >= 4 is 23.3 Å². The topological polar surface area (TPSA) is 41.1 Å². The molecule has 0 aromatic heterocycles. The second-order valence-electron chi connectivity index (χ2n) is 3.98. The fourth-order valence-corrected chi connectivity index (χ4v) is 1.49. The summed E-state index contributed by atoms with van der Waals surface area (Å²) < 4.78 is 37.5. The highest BCUT2D eigenvalue weighted by Gasteiger charge is 2.31. The minimum atomic E-state index is -4.50. The quantitative estimate of drug-likeness (QED) is 0.848. The second-order valence-corrected chi connectivity index (χ2v) is 4.42. The summed E-state index contributed by atoms with van der Waals surface area (Å²) in [6.45, 7) is 3.47. The molecule has 7 heteroatoms. The Morgan fingerprint density at radius 3 is 2.39 bits per heavy atom. The molecule has 1 aromatic carbocycles. The van der Waals surface area contributed by atoms with Crippen LogP contribution < -0.4 is 10.6 Å². The van der Waals surface area contributed by atoms with Crippen LogP contribution in [-0.2, 0) is 6.18 Å². The van der Waals surface area contributed by atoms with Crippen LogP contribution in [0.4, 0.5) is 23.7 Å². The van der Waals surface area contributed by atoms with Crippen molar-refractivity contribution in [1.29, 1.82) is 0 Å². The molecule has 0 spiro atoms. The number of hydrogen-bond acceptors (Lipinski definition) is 1. The lowest BCUT2D eigenvalue weighted by Gasteiger charge is -2.13. The zero-order valence-corrected chi connectivity index (χ0v) is 10.5. The molecule has 0 fully saturated rings. The van der Waals surface area contributed by atoms with Gasteiger partial charge in [-0.1, -0.05) is 11.6 Å². The van der Waals surface area contributed by atoms with Crippen molar-refractivity contribution in [3.8, 4) is 0 Å². The Morgan fingerprint density at radius 2 is 1.89 bits per heavy atom. The number of halogens is 4. The minimum absolute atomic E-state index is 0.00650. The van der Waals surface area contributed by atoms with Gasteiger partial charge in [-0.15, -0.1) is 0 Å². The Morgan fingerprint density at radius 1 is 1.28 bits per heavy atom. The van der Waals surface area contributed by atoms with E-state index in [0.29, 0.717) is 0 Å². The summed E-state index contributed by atoms with van der Waals surface area (Å²) >= 11 is 5.57. The Labute approximate surface area is 107 Å². The first-order valence-electron chi connectivity index (χ1n) is 5.14. The molecule has 1 aromatic rings. The van der Waals surface area contributed by atoms with Gasteiger partial charge in [-0.3, -0.25) is 0 Å². The number of carbonyl (C=O) groups is 1. The zero-order valence-electron chi connectivity index (χ0n) is 9.73. The molecule has 2 N–H and O–H groups in total. The molecule has 0 radical (unpaired) electrons. The molecule has 0 saturated heterocycles. The van der Waals surface area contributed by atoms with E-state index in [1.807, 2.05) is 0 Å². The molecule has 0 heterocycles. The van der Waals surface area contributed by atoms with E-state index in [4.69, 9.17) is 11.6 Å². The zero-order chi connectivity index (χ0) is 13.9. The van der Waals surface area contributed by atoms with Crippen LogP contribution in [-0.4, -0.2) is 12.1 Å². The molecule has 0 saturated carbocycles. The summed E-state index contributed by atoms with van der Waals surface area (Å²) in [7, 11) is 0. The van der Waals surface area contributed by atoms with E-state index in [0.717, 1.165) is 12.1 Å². The minimum Gasteiger partial charge on any atom is -0.336 e. The molecule has 0 aliphatic heterocycles. The average Bonchev–Trinajstić information content (AvgIpc) is 2.13. The highest BCUT2D eigenvalue weighted by Crippen LogP contribution is 2.33. The fraction of sp³-hybridized carbons (Fsp3) is 0.364. The predicted octanol–water partition coefficient (Wildman–Crippen LogP) is 3.89. The summed E-state index contributed by atoms with van der Waals surface area (Å²) in [5, 5.41) is 4.69. The molecule has 0 unspecified atom stereocenters. The highest BCUT2D eigenvalue weighted by atomic mass is 35.5. The van der Waals surface area contributed by atoms with Crippen molar-refractivity contribution in [1.82, 2.24) is 5.32 Å². The molecule has 3 nitrogen and oxygen atoms in total. The van der Waals surface area contributed by atoms with Gasteiger partial charge in [-0.2, -0.15) is 13.2 Å². The summed E-state index contributed by atoms with van der Waals surface area (Å²) in [5.41, 5.74) is -0.914. The third-order valence-corrected chi connectivity index (χ3v) is 2.12. The summed E-state index contributed by atoms with van der Waals surface area (Å²) in [6, 6.07) is 2.17. The maximum absolute atomic E-state index is 12.5.